The topological polar surface area (TPSA) is 78.0 Å². The fourth-order valence-corrected chi connectivity index (χ4v) is 2.27. The standard InChI is InChI=1S/C11H12ClN3O2S/c1-18(16,17)10-6-14-15(7-10)9-3-2-8(5-13)11(12)4-9/h2-4,6-7H,5,13H2,1H3. The van der Waals surface area contributed by atoms with Gasteiger partial charge in [-0.15, -0.1) is 0 Å². The van der Waals surface area contributed by atoms with Gasteiger partial charge in [0.2, 0.25) is 0 Å². The van der Waals surface area contributed by atoms with Crippen LogP contribution in [0.1, 0.15) is 5.56 Å². The van der Waals surface area contributed by atoms with Crippen LogP contribution in [0.4, 0.5) is 0 Å². The molecule has 0 unspecified atom stereocenters. The molecule has 0 amide bonds. The maximum Gasteiger partial charge on any atom is 0.178 e. The van der Waals surface area contributed by atoms with E-state index in [-0.39, 0.29) is 4.90 Å². The summed E-state index contributed by atoms with van der Waals surface area (Å²) < 4.78 is 24.2. The number of aromatic nitrogens is 2. The van der Waals surface area contributed by atoms with Gasteiger partial charge in [-0.1, -0.05) is 17.7 Å². The molecule has 0 aliphatic rings. The fraction of sp³-hybridized carbons (Fsp3) is 0.182. The van der Waals surface area contributed by atoms with E-state index in [4.69, 9.17) is 17.3 Å². The molecule has 5 nitrogen and oxygen atoms in total. The molecule has 2 aromatic rings. The summed E-state index contributed by atoms with van der Waals surface area (Å²) in [6.45, 7) is 0.354. The second-order valence-corrected chi connectivity index (χ2v) is 6.30. The second kappa shape index (κ2) is 4.72. The molecule has 0 saturated carbocycles. The number of rotatable bonds is 3. The number of nitrogens with two attached hydrogens (primary N) is 1. The van der Waals surface area contributed by atoms with Gasteiger partial charge >= 0.3 is 0 Å². The molecule has 2 N–H and O–H groups in total. The molecule has 2 rings (SSSR count). The van der Waals surface area contributed by atoms with Gasteiger partial charge in [-0.05, 0) is 17.7 Å². The van der Waals surface area contributed by atoms with Crippen molar-refractivity contribution in [1.29, 1.82) is 0 Å². The monoisotopic (exact) mass is 285 g/mol. The lowest BCUT2D eigenvalue weighted by atomic mass is 10.2. The lowest BCUT2D eigenvalue weighted by Crippen LogP contribution is -2.00. The molecule has 7 heteroatoms. The van der Waals surface area contributed by atoms with Crippen molar-refractivity contribution in [3.8, 4) is 5.69 Å². The molecule has 18 heavy (non-hydrogen) atoms. The molecule has 0 aliphatic carbocycles. The van der Waals surface area contributed by atoms with Crippen LogP contribution in [0.25, 0.3) is 5.69 Å². The predicted octanol–water partition coefficient (Wildman–Crippen LogP) is 1.39. The molecular weight excluding hydrogens is 274 g/mol. The first-order chi connectivity index (χ1) is 8.41. The summed E-state index contributed by atoms with van der Waals surface area (Å²) in [4.78, 5) is 0.168. The highest BCUT2D eigenvalue weighted by Gasteiger charge is 2.11. The Bertz CT molecular complexity index is 679. The number of sulfone groups is 1. The van der Waals surface area contributed by atoms with E-state index < -0.39 is 9.84 Å². The molecule has 0 fully saturated rings. The molecule has 0 aliphatic heterocycles. The van der Waals surface area contributed by atoms with E-state index >= 15 is 0 Å². The van der Waals surface area contributed by atoms with Gasteiger partial charge < -0.3 is 5.73 Å². The fourth-order valence-electron chi connectivity index (χ4n) is 1.48. The van der Waals surface area contributed by atoms with Gasteiger partial charge in [0.05, 0.1) is 11.9 Å². The summed E-state index contributed by atoms with van der Waals surface area (Å²) in [6, 6.07) is 5.27. The molecule has 0 saturated heterocycles. The molecule has 0 bridgehead atoms. The highest BCUT2D eigenvalue weighted by molar-refractivity contribution is 7.90. The molecule has 1 aromatic heterocycles. The average molecular weight is 286 g/mol. The maximum absolute atomic E-state index is 11.3. The Labute approximate surface area is 110 Å². The van der Waals surface area contributed by atoms with Crippen molar-refractivity contribution in [2.45, 2.75) is 11.4 Å². The van der Waals surface area contributed by atoms with Crippen LogP contribution in [0, 0.1) is 0 Å². The number of halogens is 1. The van der Waals surface area contributed by atoms with Gasteiger partial charge in [-0.3, -0.25) is 0 Å². The first-order valence-electron chi connectivity index (χ1n) is 5.15. The zero-order valence-electron chi connectivity index (χ0n) is 9.67. The largest absolute Gasteiger partial charge is 0.326 e. The van der Waals surface area contributed by atoms with Crippen LogP contribution in [-0.4, -0.2) is 24.5 Å². The molecule has 0 spiro atoms. The number of hydrogen-bond acceptors (Lipinski definition) is 4. The Morgan fingerprint density at radius 2 is 2.17 bits per heavy atom. The van der Waals surface area contributed by atoms with Gasteiger partial charge in [0.1, 0.15) is 4.90 Å². The Balaban J connectivity index is 2.44. The van der Waals surface area contributed by atoms with Crippen LogP contribution in [-0.2, 0) is 16.4 Å². The van der Waals surface area contributed by atoms with Crippen molar-refractivity contribution in [3.63, 3.8) is 0 Å². The lowest BCUT2D eigenvalue weighted by Gasteiger charge is -2.05. The molecule has 0 atom stereocenters. The van der Waals surface area contributed by atoms with Gasteiger partial charge in [0.15, 0.2) is 9.84 Å². The van der Waals surface area contributed by atoms with E-state index in [2.05, 4.69) is 5.10 Å². The van der Waals surface area contributed by atoms with E-state index in [1.807, 2.05) is 0 Å². The second-order valence-electron chi connectivity index (χ2n) is 3.87. The summed E-state index contributed by atoms with van der Waals surface area (Å²) in [5.74, 6) is 0. The van der Waals surface area contributed by atoms with Crippen molar-refractivity contribution in [2.75, 3.05) is 6.26 Å². The van der Waals surface area contributed by atoms with Crippen molar-refractivity contribution < 1.29 is 8.42 Å². The Morgan fingerprint density at radius 3 is 2.67 bits per heavy atom. The van der Waals surface area contributed by atoms with Crippen molar-refractivity contribution in [1.82, 2.24) is 9.78 Å². The Morgan fingerprint density at radius 1 is 1.44 bits per heavy atom. The normalized spacial score (nSPS) is 11.7. The van der Waals surface area contributed by atoms with Gasteiger partial charge in [0.25, 0.3) is 0 Å². The minimum absolute atomic E-state index is 0.168. The van der Waals surface area contributed by atoms with Gasteiger partial charge in [-0.2, -0.15) is 5.10 Å². The summed E-state index contributed by atoms with van der Waals surface area (Å²) in [7, 11) is -3.25. The third-order valence-electron chi connectivity index (χ3n) is 2.51. The highest BCUT2D eigenvalue weighted by Crippen LogP contribution is 2.20. The molecule has 1 heterocycles. The molecule has 96 valence electrons. The molecular formula is C11H12ClN3O2S. The van der Waals surface area contributed by atoms with Crippen molar-refractivity contribution in [3.05, 3.63) is 41.2 Å². The third-order valence-corrected chi connectivity index (χ3v) is 3.93. The number of hydrogen-bond donors (Lipinski definition) is 1. The number of benzene rings is 1. The summed E-state index contributed by atoms with van der Waals surface area (Å²) in [5.41, 5.74) is 7.03. The smallest absolute Gasteiger partial charge is 0.178 e. The van der Waals surface area contributed by atoms with Gasteiger partial charge in [-0.25, -0.2) is 13.1 Å². The zero-order chi connectivity index (χ0) is 13.3. The third kappa shape index (κ3) is 2.55. The van der Waals surface area contributed by atoms with E-state index in [0.29, 0.717) is 17.3 Å². The van der Waals surface area contributed by atoms with Crippen LogP contribution in [0.5, 0.6) is 0 Å². The van der Waals surface area contributed by atoms with E-state index in [9.17, 15) is 8.42 Å². The van der Waals surface area contributed by atoms with Crippen molar-refractivity contribution in [2.24, 2.45) is 5.73 Å². The van der Waals surface area contributed by atoms with Crippen LogP contribution in [0.2, 0.25) is 5.02 Å². The van der Waals surface area contributed by atoms with Crippen molar-refractivity contribution >= 4 is 21.4 Å². The minimum Gasteiger partial charge on any atom is -0.326 e. The van der Waals surface area contributed by atoms with E-state index in [1.165, 1.54) is 17.1 Å². The first-order valence-corrected chi connectivity index (χ1v) is 7.42. The Hall–Kier alpha value is -1.37. The lowest BCUT2D eigenvalue weighted by molar-refractivity contribution is 0.602. The zero-order valence-corrected chi connectivity index (χ0v) is 11.2. The maximum atomic E-state index is 11.3. The highest BCUT2D eigenvalue weighted by atomic mass is 35.5. The quantitative estimate of drug-likeness (QED) is 0.924. The molecule has 0 radical (unpaired) electrons. The number of nitrogens with zero attached hydrogens (tertiary/aromatic N) is 2. The van der Waals surface area contributed by atoms with Crippen LogP contribution >= 0.6 is 11.6 Å². The van der Waals surface area contributed by atoms with Crippen LogP contribution in [0.3, 0.4) is 0 Å². The summed E-state index contributed by atoms with van der Waals surface area (Å²) >= 11 is 6.04. The SMILES string of the molecule is CS(=O)(=O)c1cnn(-c2ccc(CN)c(Cl)c2)c1. The van der Waals surface area contributed by atoms with E-state index in [0.717, 1.165) is 11.8 Å². The Kier molecular flexibility index (Phi) is 3.43. The minimum atomic E-state index is -3.25. The first kappa shape index (κ1) is 13.1. The summed E-state index contributed by atoms with van der Waals surface area (Å²) in [6.07, 6.45) is 3.89. The summed E-state index contributed by atoms with van der Waals surface area (Å²) in [5, 5.41) is 4.53. The predicted molar refractivity (Wildman–Crippen MR) is 69.6 cm³/mol. The van der Waals surface area contributed by atoms with Crippen LogP contribution in [0.15, 0.2) is 35.5 Å². The van der Waals surface area contributed by atoms with Gasteiger partial charge in [0, 0.05) is 24.0 Å². The van der Waals surface area contributed by atoms with E-state index in [1.54, 1.807) is 18.2 Å². The molecule has 1 aromatic carbocycles. The van der Waals surface area contributed by atoms with Crippen LogP contribution < -0.4 is 5.73 Å². The average Bonchev–Trinajstić information content (AvgIpc) is 2.77.